The molecule has 134 valence electrons. The van der Waals surface area contributed by atoms with Gasteiger partial charge in [0.1, 0.15) is 0 Å². The predicted octanol–water partition coefficient (Wildman–Crippen LogP) is 1.11. The molecule has 3 aliphatic rings. The lowest BCUT2D eigenvalue weighted by Crippen LogP contribution is -2.50. The van der Waals surface area contributed by atoms with E-state index in [-0.39, 0.29) is 18.5 Å². The van der Waals surface area contributed by atoms with Crippen molar-refractivity contribution < 1.29 is 9.59 Å². The Hall–Kier alpha value is -2.08. The van der Waals surface area contributed by atoms with E-state index in [0.29, 0.717) is 25.2 Å². The Balaban J connectivity index is 1.32. The maximum Gasteiger partial charge on any atom is 0.318 e. The van der Waals surface area contributed by atoms with Gasteiger partial charge in [0.2, 0.25) is 5.91 Å². The van der Waals surface area contributed by atoms with Gasteiger partial charge in [0, 0.05) is 31.7 Å². The lowest BCUT2D eigenvalue weighted by Gasteiger charge is -2.30. The van der Waals surface area contributed by atoms with Crippen LogP contribution in [0.4, 0.5) is 4.79 Å². The molecule has 0 spiro atoms. The first-order valence-corrected chi connectivity index (χ1v) is 9.34. The highest BCUT2D eigenvalue weighted by atomic mass is 16.2. The van der Waals surface area contributed by atoms with Gasteiger partial charge in [0.05, 0.1) is 6.54 Å². The summed E-state index contributed by atoms with van der Waals surface area (Å²) < 4.78 is 0. The third-order valence-corrected chi connectivity index (χ3v) is 5.75. The molecule has 6 nitrogen and oxygen atoms in total. The van der Waals surface area contributed by atoms with Gasteiger partial charge in [-0.25, -0.2) is 4.79 Å². The van der Waals surface area contributed by atoms with Gasteiger partial charge in [-0.3, -0.25) is 4.79 Å². The topological polar surface area (TPSA) is 64.7 Å². The van der Waals surface area contributed by atoms with Crippen LogP contribution in [0.1, 0.15) is 30.4 Å². The molecule has 4 rings (SSSR count). The van der Waals surface area contributed by atoms with E-state index in [1.165, 1.54) is 11.1 Å². The van der Waals surface area contributed by atoms with Gasteiger partial charge >= 0.3 is 6.03 Å². The van der Waals surface area contributed by atoms with Crippen LogP contribution in [0.25, 0.3) is 0 Å². The lowest BCUT2D eigenvalue weighted by molar-refractivity contribution is -0.132. The third kappa shape index (κ3) is 3.35. The first-order chi connectivity index (χ1) is 12.2. The summed E-state index contributed by atoms with van der Waals surface area (Å²) in [6.45, 7) is 3.28. The van der Waals surface area contributed by atoms with Crippen LogP contribution in [-0.2, 0) is 17.8 Å². The van der Waals surface area contributed by atoms with Gasteiger partial charge in [0.25, 0.3) is 0 Å². The number of carbonyl (C=O) groups excluding carboxylic acids is 2. The second-order valence-electron chi connectivity index (χ2n) is 7.28. The molecule has 2 unspecified atom stereocenters. The van der Waals surface area contributed by atoms with Gasteiger partial charge in [-0.2, -0.15) is 0 Å². The molecular weight excluding hydrogens is 316 g/mol. The number of hydrogen-bond acceptors (Lipinski definition) is 3. The molecule has 2 atom stereocenters. The summed E-state index contributed by atoms with van der Waals surface area (Å²) in [5.41, 5.74) is 2.52. The maximum absolute atomic E-state index is 12.7. The van der Waals surface area contributed by atoms with Crippen molar-refractivity contribution in [3.63, 3.8) is 0 Å². The van der Waals surface area contributed by atoms with Gasteiger partial charge in [-0.15, -0.1) is 0 Å². The summed E-state index contributed by atoms with van der Waals surface area (Å²) in [5.74, 6) is 0.0574. The van der Waals surface area contributed by atoms with Crippen LogP contribution in [0.5, 0.6) is 0 Å². The highest BCUT2D eigenvalue weighted by Gasteiger charge is 2.37. The van der Waals surface area contributed by atoms with Crippen LogP contribution in [0.15, 0.2) is 24.3 Å². The number of fused-ring (bicyclic) bond motifs is 3. The Kier molecular flexibility index (Phi) is 4.61. The molecule has 3 heterocycles. The van der Waals surface area contributed by atoms with Crippen molar-refractivity contribution in [2.75, 3.05) is 26.2 Å². The monoisotopic (exact) mass is 342 g/mol. The number of hydrogen-bond donors (Lipinski definition) is 2. The predicted molar refractivity (Wildman–Crippen MR) is 95.1 cm³/mol. The Morgan fingerprint density at radius 1 is 1.12 bits per heavy atom. The fraction of sp³-hybridized carbons (Fsp3) is 0.579. The summed E-state index contributed by atoms with van der Waals surface area (Å²) in [4.78, 5) is 29.0. The van der Waals surface area contributed by atoms with Crippen LogP contribution in [0.2, 0.25) is 0 Å². The Morgan fingerprint density at radius 2 is 1.92 bits per heavy atom. The zero-order valence-corrected chi connectivity index (χ0v) is 14.5. The summed E-state index contributed by atoms with van der Waals surface area (Å²) in [5, 5.41) is 6.24. The minimum Gasteiger partial charge on any atom is -0.334 e. The van der Waals surface area contributed by atoms with Crippen molar-refractivity contribution in [3.8, 4) is 0 Å². The molecule has 3 amide bonds. The SMILES string of the molecule is O=C(NCC(=O)N1C2CCNCC1CC2)N1CCc2ccccc2C1. The molecule has 2 saturated heterocycles. The van der Waals surface area contributed by atoms with E-state index < -0.39 is 0 Å². The molecule has 25 heavy (non-hydrogen) atoms. The molecule has 2 N–H and O–H groups in total. The largest absolute Gasteiger partial charge is 0.334 e. The number of benzene rings is 1. The summed E-state index contributed by atoms with van der Waals surface area (Å²) in [7, 11) is 0. The number of nitrogens with zero attached hydrogens (tertiary/aromatic N) is 2. The molecule has 0 radical (unpaired) electrons. The number of urea groups is 1. The van der Waals surface area contributed by atoms with Crippen LogP contribution >= 0.6 is 0 Å². The van der Waals surface area contributed by atoms with Crippen LogP contribution in [0.3, 0.4) is 0 Å². The van der Waals surface area contributed by atoms with Crippen molar-refractivity contribution in [1.82, 2.24) is 20.4 Å². The van der Waals surface area contributed by atoms with Crippen molar-refractivity contribution >= 4 is 11.9 Å². The zero-order valence-electron chi connectivity index (χ0n) is 14.5. The molecular formula is C19H26N4O2. The first kappa shape index (κ1) is 16.4. The van der Waals surface area contributed by atoms with Gasteiger partial charge in [0.15, 0.2) is 0 Å². The average molecular weight is 342 g/mol. The van der Waals surface area contributed by atoms with Gasteiger partial charge in [-0.1, -0.05) is 24.3 Å². The van der Waals surface area contributed by atoms with E-state index in [1.807, 2.05) is 17.0 Å². The Labute approximate surface area is 148 Å². The number of carbonyl (C=O) groups is 2. The Bertz CT molecular complexity index is 649. The van der Waals surface area contributed by atoms with Crippen LogP contribution in [0, 0.1) is 0 Å². The van der Waals surface area contributed by atoms with Crippen molar-refractivity contribution in [2.45, 2.75) is 44.3 Å². The smallest absolute Gasteiger partial charge is 0.318 e. The summed E-state index contributed by atoms with van der Waals surface area (Å²) in [6.07, 6.45) is 4.05. The van der Waals surface area contributed by atoms with Crippen molar-refractivity contribution in [3.05, 3.63) is 35.4 Å². The number of nitrogens with one attached hydrogen (secondary N) is 2. The van der Waals surface area contributed by atoms with Crippen molar-refractivity contribution in [1.29, 1.82) is 0 Å². The zero-order chi connectivity index (χ0) is 17.2. The van der Waals surface area contributed by atoms with E-state index in [4.69, 9.17) is 0 Å². The standard InChI is InChI=1S/C19H26N4O2/c24-18(23-16-5-6-17(23)11-20-9-7-16)12-21-19(25)22-10-8-14-3-1-2-4-15(14)13-22/h1-4,16-17,20H,5-13H2,(H,21,25). The van der Waals surface area contributed by atoms with E-state index >= 15 is 0 Å². The molecule has 0 saturated carbocycles. The highest BCUT2D eigenvalue weighted by molar-refractivity contribution is 5.84. The molecule has 2 bridgehead atoms. The molecule has 1 aromatic carbocycles. The fourth-order valence-electron chi connectivity index (χ4n) is 4.41. The quantitative estimate of drug-likeness (QED) is 0.846. The average Bonchev–Trinajstić information content (AvgIpc) is 2.91. The summed E-state index contributed by atoms with van der Waals surface area (Å²) in [6, 6.07) is 8.73. The second kappa shape index (κ2) is 7.04. The van der Waals surface area contributed by atoms with Crippen LogP contribution < -0.4 is 10.6 Å². The maximum atomic E-state index is 12.7. The molecule has 3 aliphatic heterocycles. The first-order valence-electron chi connectivity index (χ1n) is 9.34. The third-order valence-electron chi connectivity index (χ3n) is 5.75. The van der Waals surface area contributed by atoms with E-state index in [1.54, 1.807) is 4.90 Å². The molecule has 0 aliphatic carbocycles. The van der Waals surface area contributed by atoms with Crippen LogP contribution in [-0.4, -0.2) is 60.0 Å². The summed E-state index contributed by atoms with van der Waals surface area (Å²) >= 11 is 0. The molecule has 0 aromatic heterocycles. The fourth-order valence-corrected chi connectivity index (χ4v) is 4.41. The normalized spacial score (nSPS) is 25.3. The van der Waals surface area contributed by atoms with E-state index in [0.717, 1.165) is 38.8 Å². The minimum atomic E-state index is -0.136. The Morgan fingerprint density at radius 3 is 2.80 bits per heavy atom. The molecule has 2 fully saturated rings. The second-order valence-corrected chi connectivity index (χ2v) is 7.28. The number of rotatable bonds is 2. The molecule has 6 heteroatoms. The number of amides is 3. The van der Waals surface area contributed by atoms with E-state index in [2.05, 4.69) is 22.8 Å². The van der Waals surface area contributed by atoms with Gasteiger partial charge in [-0.05, 0) is 43.4 Å². The van der Waals surface area contributed by atoms with Gasteiger partial charge < -0.3 is 20.4 Å². The lowest BCUT2D eigenvalue weighted by atomic mass is 10.0. The molecule has 1 aromatic rings. The van der Waals surface area contributed by atoms with E-state index in [9.17, 15) is 9.59 Å². The highest BCUT2D eigenvalue weighted by Crippen LogP contribution is 2.27. The van der Waals surface area contributed by atoms with Crippen molar-refractivity contribution in [2.24, 2.45) is 0 Å². The minimum absolute atomic E-state index is 0.0574.